The molecule has 0 bridgehead atoms. The van der Waals surface area contributed by atoms with Crippen LogP contribution >= 0.6 is 0 Å². The van der Waals surface area contributed by atoms with Crippen molar-refractivity contribution in [2.24, 2.45) is 0 Å². The van der Waals surface area contributed by atoms with Crippen LogP contribution in [0.5, 0.6) is 0 Å². The van der Waals surface area contributed by atoms with Crippen LogP contribution in [-0.4, -0.2) is 55.6 Å². The molecule has 0 aliphatic heterocycles. The first-order chi connectivity index (χ1) is 9.13. The summed E-state index contributed by atoms with van der Waals surface area (Å²) in [5.41, 5.74) is 0. The number of allylic oxidation sites excluding steroid dienone is 1. The van der Waals surface area contributed by atoms with E-state index >= 15 is 0 Å². The minimum atomic E-state index is -0.325. The van der Waals surface area contributed by atoms with Crippen molar-refractivity contribution in [3.05, 3.63) is 12.2 Å². The van der Waals surface area contributed by atoms with E-state index in [0.29, 0.717) is 13.1 Å². The molecule has 108 valence electrons. The minimum absolute atomic E-state index is 0.112. The Kier molecular flexibility index (Phi) is 7.00. The number of ether oxygens (including phenoxy) is 1. The van der Waals surface area contributed by atoms with Crippen LogP contribution in [-0.2, 0) is 9.53 Å². The molecule has 5 nitrogen and oxygen atoms in total. The van der Waals surface area contributed by atoms with Crippen molar-refractivity contribution in [2.45, 2.75) is 38.2 Å². The van der Waals surface area contributed by atoms with Crippen LogP contribution in [0, 0.1) is 0 Å². The second-order valence-electron chi connectivity index (χ2n) is 5.00. The van der Waals surface area contributed by atoms with Gasteiger partial charge < -0.3 is 14.5 Å². The fourth-order valence-corrected chi connectivity index (χ4v) is 1.90. The lowest BCUT2D eigenvalue weighted by Crippen LogP contribution is -2.36. The lowest BCUT2D eigenvalue weighted by molar-refractivity contribution is -0.117. The molecule has 0 N–H and O–H groups in total. The van der Waals surface area contributed by atoms with Crippen LogP contribution in [0.4, 0.5) is 4.79 Å². The highest BCUT2D eigenvalue weighted by molar-refractivity contribution is 5.67. The maximum absolute atomic E-state index is 11.9. The Morgan fingerprint density at radius 3 is 2.84 bits per heavy atom. The number of rotatable bonds is 5. The van der Waals surface area contributed by atoms with E-state index in [1.165, 1.54) is 22.6 Å². The van der Waals surface area contributed by atoms with Crippen molar-refractivity contribution in [3.63, 3.8) is 0 Å². The van der Waals surface area contributed by atoms with Gasteiger partial charge in [-0.25, -0.2) is 4.79 Å². The van der Waals surface area contributed by atoms with E-state index in [-0.39, 0.29) is 12.2 Å². The summed E-state index contributed by atoms with van der Waals surface area (Å²) in [5, 5.41) is 0. The molecule has 0 spiro atoms. The summed E-state index contributed by atoms with van der Waals surface area (Å²) >= 11 is 0. The van der Waals surface area contributed by atoms with Crippen LogP contribution in [0.1, 0.15) is 32.1 Å². The standard InChI is InChI=1S/C14H24N2O3/c1-15(12-17)10-11-16(2)14(18)19-13-8-6-4-3-5-7-9-13/h6,8,12-13H,3-5,7,9-11H2,1-2H3/b8-6+. The second-order valence-corrected chi connectivity index (χ2v) is 5.00. The van der Waals surface area contributed by atoms with Crippen LogP contribution in [0.15, 0.2) is 12.2 Å². The van der Waals surface area contributed by atoms with Gasteiger partial charge in [0.25, 0.3) is 0 Å². The SMILES string of the molecule is CN(C=O)CCN(C)C(=O)OC1/C=C/CCCCC1. The van der Waals surface area contributed by atoms with Gasteiger partial charge in [-0.05, 0) is 31.8 Å². The van der Waals surface area contributed by atoms with Gasteiger partial charge in [-0.2, -0.15) is 0 Å². The summed E-state index contributed by atoms with van der Waals surface area (Å²) in [6, 6.07) is 0. The van der Waals surface area contributed by atoms with Gasteiger partial charge in [-0.15, -0.1) is 0 Å². The molecule has 1 aliphatic carbocycles. The molecule has 1 rings (SSSR count). The van der Waals surface area contributed by atoms with Gasteiger partial charge in [0, 0.05) is 27.2 Å². The summed E-state index contributed by atoms with van der Waals surface area (Å²) in [6.07, 6.45) is 9.86. The van der Waals surface area contributed by atoms with Crippen LogP contribution in [0.3, 0.4) is 0 Å². The van der Waals surface area contributed by atoms with Crippen LogP contribution in [0.2, 0.25) is 0 Å². The Bertz CT molecular complexity index is 318. The summed E-state index contributed by atoms with van der Waals surface area (Å²) < 4.78 is 5.45. The maximum atomic E-state index is 11.9. The highest BCUT2D eigenvalue weighted by Gasteiger charge is 2.16. The molecule has 1 unspecified atom stereocenters. The average Bonchev–Trinajstić information content (AvgIpc) is 2.38. The van der Waals surface area contributed by atoms with Crippen molar-refractivity contribution in [1.29, 1.82) is 0 Å². The molecule has 1 atom stereocenters. The highest BCUT2D eigenvalue weighted by atomic mass is 16.6. The van der Waals surface area contributed by atoms with E-state index in [2.05, 4.69) is 6.08 Å². The van der Waals surface area contributed by atoms with Gasteiger partial charge in [0.05, 0.1) is 0 Å². The van der Waals surface area contributed by atoms with Crippen molar-refractivity contribution >= 4 is 12.5 Å². The Labute approximate surface area is 115 Å². The smallest absolute Gasteiger partial charge is 0.410 e. The van der Waals surface area contributed by atoms with Gasteiger partial charge in [-0.3, -0.25) is 4.79 Å². The summed E-state index contributed by atoms with van der Waals surface area (Å²) in [7, 11) is 3.37. The van der Waals surface area contributed by atoms with Crippen molar-refractivity contribution in [1.82, 2.24) is 9.80 Å². The molecular formula is C14H24N2O3. The Balaban J connectivity index is 2.35. The van der Waals surface area contributed by atoms with Crippen LogP contribution in [0.25, 0.3) is 0 Å². The van der Waals surface area contributed by atoms with Gasteiger partial charge in [0.15, 0.2) is 0 Å². The number of carbonyl (C=O) groups is 2. The first-order valence-electron chi connectivity index (χ1n) is 6.87. The molecule has 0 fully saturated rings. The molecule has 0 saturated heterocycles. The van der Waals surface area contributed by atoms with Gasteiger partial charge >= 0.3 is 6.09 Å². The molecule has 0 heterocycles. The van der Waals surface area contributed by atoms with Gasteiger partial charge in [-0.1, -0.05) is 12.5 Å². The number of hydrogen-bond donors (Lipinski definition) is 0. The fraction of sp³-hybridized carbons (Fsp3) is 0.714. The van der Waals surface area contributed by atoms with Gasteiger partial charge in [0.1, 0.15) is 6.10 Å². The molecule has 0 saturated carbocycles. The molecule has 0 radical (unpaired) electrons. The first kappa shape index (κ1) is 15.5. The Morgan fingerprint density at radius 1 is 1.32 bits per heavy atom. The number of hydrogen-bond acceptors (Lipinski definition) is 3. The van der Waals surface area contributed by atoms with E-state index in [0.717, 1.165) is 25.7 Å². The number of nitrogens with zero attached hydrogens (tertiary/aromatic N) is 2. The van der Waals surface area contributed by atoms with E-state index in [1.807, 2.05) is 6.08 Å². The summed E-state index contributed by atoms with van der Waals surface area (Å²) in [4.78, 5) is 25.3. The van der Waals surface area contributed by atoms with Crippen LogP contribution < -0.4 is 0 Å². The third kappa shape index (κ3) is 6.27. The predicted octanol–water partition coefficient (Wildman–Crippen LogP) is 2.03. The van der Waals surface area contributed by atoms with Gasteiger partial charge in [0.2, 0.25) is 6.41 Å². The average molecular weight is 268 g/mol. The first-order valence-corrected chi connectivity index (χ1v) is 6.87. The molecular weight excluding hydrogens is 244 g/mol. The largest absolute Gasteiger partial charge is 0.442 e. The fourth-order valence-electron chi connectivity index (χ4n) is 1.90. The van der Waals surface area contributed by atoms with E-state index in [1.54, 1.807) is 14.1 Å². The summed E-state index contributed by atoms with van der Waals surface area (Å²) in [6.45, 7) is 0.986. The van der Waals surface area contributed by atoms with E-state index in [9.17, 15) is 9.59 Å². The molecule has 0 aromatic carbocycles. The molecule has 5 heteroatoms. The lowest BCUT2D eigenvalue weighted by atomic mass is 10.0. The zero-order valence-corrected chi connectivity index (χ0v) is 11.9. The lowest BCUT2D eigenvalue weighted by Gasteiger charge is -2.23. The number of likely N-dealkylation sites (N-methyl/N-ethyl adjacent to an activating group) is 2. The highest BCUT2D eigenvalue weighted by Crippen LogP contribution is 2.14. The topological polar surface area (TPSA) is 49.9 Å². The zero-order chi connectivity index (χ0) is 14.1. The third-order valence-electron chi connectivity index (χ3n) is 3.24. The number of carbonyl (C=O) groups excluding carboxylic acids is 2. The van der Waals surface area contributed by atoms with Crippen molar-refractivity contribution in [2.75, 3.05) is 27.2 Å². The quantitative estimate of drug-likeness (QED) is 0.566. The predicted molar refractivity (Wildman–Crippen MR) is 73.8 cm³/mol. The molecule has 0 aromatic rings. The molecule has 2 amide bonds. The zero-order valence-electron chi connectivity index (χ0n) is 11.9. The number of amides is 2. The molecule has 19 heavy (non-hydrogen) atoms. The Morgan fingerprint density at radius 2 is 2.11 bits per heavy atom. The van der Waals surface area contributed by atoms with Crippen molar-refractivity contribution < 1.29 is 14.3 Å². The maximum Gasteiger partial charge on any atom is 0.410 e. The third-order valence-corrected chi connectivity index (χ3v) is 3.24. The second kappa shape index (κ2) is 8.56. The monoisotopic (exact) mass is 268 g/mol. The normalized spacial score (nSPS) is 20.8. The molecule has 0 aromatic heterocycles. The molecule has 1 aliphatic rings. The minimum Gasteiger partial charge on any atom is -0.442 e. The van der Waals surface area contributed by atoms with E-state index in [4.69, 9.17) is 4.74 Å². The Hall–Kier alpha value is -1.52. The van der Waals surface area contributed by atoms with Crippen molar-refractivity contribution in [3.8, 4) is 0 Å². The van der Waals surface area contributed by atoms with E-state index < -0.39 is 0 Å². The summed E-state index contributed by atoms with van der Waals surface area (Å²) in [5.74, 6) is 0.